The Hall–Kier alpha value is -0.0600. The number of benzene rings is 1. The number of hydrogen-bond donors (Lipinski definition) is 0. The third kappa shape index (κ3) is 3.73. The summed E-state index contributed by atoms with van der Waals surface area (Å²) in [5.41, 5.74) is 0.676. The second-order valence-electron chi connectivity index (χ2n) is 4.75. The van der Waals surface area contributed by atoms with Gasteiger partial charge in [-0.3, -0.25) is 4.79 Å². The summed E-state index contributed by atoms with van der Waals surface area (Å²) in [7, 11) is 0. The number of rotatable bonds is 3. The van der Waals surface area contributed by atoms with Crippen molar-refractivity contribution in [1.82, 2.24) is 4.90 Å². The van der Waals surface area contributed by atoms with Gasteiger partial charge in [0.1, 0.15) is 0 Å². The van der Waals surface area contributed by atoms with E-state index in [1.807, 2.05) is 17.0 Å². The minimum Gasteiger partial charge on any atom is -0.336 e. The smallest absolute Gasteiger partial charge is 0.254 e. The van der Waals surface area contributed by atoms with Gasteiger partial charge < -0.3 is 4.90 Å². The van der Waals surface area contributed by atoms with Gasteiger partial charge in [0.25, 0.3) is 5.91 Å². The van der Waals surface area contributed by atoms with Crippen molar-refractivity contribution < 1.29 is 4.79 Å². The molecule has 0 N–H and O–H groups in total. The minimum absolute atomic E-state index is 0.0973. The van der Waals surface area contributed by atoms with Gasteiger partial charge >= 0.3 is 0 Å². The molecule has 0 bridgehead atoms. The van der Waals surface area contributed by atoms with Gasteiger partial charge in [0.2, 0.25) is 0 Å². The van der Waals surface area contributed by atoms with Crippen molar-refractivity contribution in [2.75, 3.05) is 11.9 Å². The van der Waals surface area contributed by atoms with E-state index in [1.165, 1.54) is 6.42 Å². The highest BCUT2D eigenvalue weighted by molar-refractivity contribution is 9.10. The van der Waals surface area contributed by atoms with Gasteiger partial charge in [0.05, 0.1) is 5.02 Å². The third-order valence-electron chi connectivity index (χ3n) is 3.50. The molecule has 1 heterocycles. The van der Waals surface area contributed by atoms with E-state index in [2.05, 4.69) is 31.9 Å². The zero-order valence-corrected chi connectivity index (χ0v) is 14.5. The average molecular weight is 410 g/mol. The maximum atomic E-state index is 12.6. The van der Waals surface area contributed by atoms with Crippen molar-refractivity contribution in [2.45, 2.75) is 31.7 Å². The summed E-state index contributed by atoms with van der Waals surface area (Å²) in [4.78, 5) is 14.6. The van der Waals surface area contributed by atoms with Crippen molar-refractivity contribution in [2.24, 2.45) is 0 Å². The lowest BCUT2D eigenvalue weighted by Gasteiger charge is -2.35. The predicted octanol–water partition coefficient (Wildman–Crippen LogP) is 4.88. The molecule has 0 aromatic heterocycles. The lowest BCUT2D eigenvalue weighted by atomic mass is 9.99. The highest BCUT2D eigenvalue weighted by Crippen LogP contribution is 2.26. The second-order valence-corrected chi connectivity index (χ2v) is 6.81. The van der Waals surface area contributed by atoms with E-state index in [9.17, 15) is 4.79 Å². The molecule has 0 saturated carbocycles. The van der Waals surface area contributed by atoms with E-state index in [1.54, 1.807) is 6.07 Å². The van der Waals surface area contributed by atoms with Crippen LogP contribution in [0.4, 0.5) is 0 Å². The van der Waals surface area contributed by atoms with Crippen LogP contribution in [0.2, 0.25) is 5.02 Å². The first-order chi connectivity index (χ1) is 9.13. The molecule has 1 amide bonds. The molecule has 0 spiro atoms. The van der Waals surface area contributed by atoms with E-state index in [4.69, 9.17) is 11.6 Å². The van der Waals surface area contributed by atoms with Gasteiger partial charge in [-0.25, -0.2) is 0 Å². The lowest BCUT2D eigenvalue weighted by Crippen LogP contribution is -2.43. The van der Waals surface area contributed by atoms with Crippen LogP contribution in [0.5, 0.6) is 0 Å². The molecule has 1 aliphatic rings. The number of halogens is 3. The van der Waals surface area contributed by atoms with E-state index < -0.39 is 0 Å². The molecule has 0 radical (unpaired) electrons. The fourth-order valence-corrected chi connectivity index (χ4v) is 3.44. The highest BCUT2D eigenvalue weighted by Gasteiger charge is 2.27. The maximum absolute atomic E-state index is 12.6. The number of hydrogen-bond acceptors (Lipinski definition) is 1. The zero-order valence-electron chi connectivity index (χ0n) is 10.5. The molecule has 1 aliphatic heterocycles. The van der Waals surface area contributed by atoms with Crippen molar-refractivity contribution in [3.05, 3.63) is 33.3 Å². The van der Waals surface area contributed by atoms with Gasteiger partial charge in [-0.15, -0.1) is 0 Å². The van der Waals surface area contributed by atoms with Crippen molar-refractivity contribution in [3.8, 4) is 0 Å². The van der Waals surface area contributed by atoms with Crippen LogP contribution in [0.25, 0.3) is 0 Å². The summed E-state index contributed by atoms with van der Waals surface area (Å²) in [6, 6.07) is 5.76. The van der Waals surface area contributed by atoms with Crippen LogP contribution in [0.3, 0.4) is 0 Å². The van der Waals surface area contributed by atoms with E-state index in [0.29, 0.717) is 16.6 Å². The number of alkyl halides is 1. The number of carbonyl (C=O) groups excluding carboxylic acids is 1. The Morgan fingerprint density at radius 3 is 2.89 bits per heavy atom. The lowest BCUT2D eigenvalue weighted by molar-refractivity contribution is 0.0610. The van der Waals surface area contributed by atoms with Gasteiger partial charge in [-0.2, -0.15) is 0 Å². The number of piperidine rings is 1. The normalized spacial score (nSPS) is 19.5. The van der Waals surface area contributed by atoms with Crippen molar-refractivity contribution in [3.63, 3.8) is 0 Å². The molecule has 0 aliphatic carbocycles. The Bertz CT molecular complexity index is 465. The molecule has 1 atom stereocenters. The molecule has 2 nitrogen and oxygen atoms in total. The Morgan fingerprint density at radius 1 is 1.42 bits per heavy atom. The molecular formula is C14H16Br2ClNO. The Morgan fingerprint density at radius 2 is 2.21 bits per heavy atom. The molecule has 5 heteroatoms. The minimum atomic E-state index is 0.0973. The maximum Gasteiger partial charge on any atom is 0.254 e. The van der Waals surface area contributed by atoms with E-state index in [-0.39, 0.29) is 5.91 Å². The van der Waals surface area contributed by atoms with Crippen LogP contribution in [-0.4, -0.2) is 28.7 Å². The van der Waals surface area contributed by atoms with E-state index in [0.717, 1.165) is 35.6 Å². The fourth-order valence-electron chi connectivity index (χ4n) is 2.49. The van der Waals surface area contributed by atoms with Crippen LogP contribution in [0.15, 0.2) is 22.7 Å². The molecule has 1 unspecified atom stereocenters. The Labute approximate surface area is 135 Å². The topological polar surface area (TPSA) is 20.3 Å². The summed E-state index contributed by atoms with van der Waals surface area (Å²) in [5.74, 6) is 0.0973. The summed E-state index contributed by atoms with van der Waals surface area (Å²) >= 11 is 12.9. The molecule has 1 aromatic carbocycles. The number of carbonyl (C=O) groups is 1. The Balaban J connectivity index is 2.18. The van der Waals surface area contributed by atoms with Crippen LogP contribution in [-0.2, 0) is 0 Å². The molecule has 1 aromatic rings. The molecular weight excluding hydrogens is 393 g/mol. The van der Waals surface area contributed by atoms with Crippen LogP contribution < -0.4 is 0 Å². The number of nitrogens with zero attached hydrogens (tertiary/aromatic N) is 1. The van der Waals surface area contributed by atoms with Crippen LogP contribution in [0, 0.1) is 0 Å². The van der Waals surface area contributed by atoms with Crippen LogP contribution in [0.1, 0.15) is 36.0 Å². The SMILES string of the molecule is O=C(c1ccc(Br)c(Cl)c1)N1CCCCC1CCBr. The highest BCUT2D eigenvalue weighted by atomic mass is 79.9. The fraction of sp³-hybridized carbons (Fsp3) is 0.500. The zero-order chi connectivity index (χ0) is 13.8. The molecule has 2 rings (SSSR count). The predicted molar refractivity (Wildman–Crippen MR) is 86.2 cm³/mol. The third-order valence-corrected chi connectivity index (χ3v) is 5.19. The molecule has 19 heavy (non-hydrogen) atoms. The number of amides is 1. The quantitative estimate of drug-likeness (QED) is 0.652. The molecule has 1 saturated heterocycles. The van der Waals surface area contributed by atoms with Crippen molar-refractivity contribution >= 4 is 49.4 Å². The largest absolute Gasteiger partial charge is 0.336 e. The summed E-state index contributed by atoms with van der Waals surface area (Å²) in [6.07, 6.45) is 4.41. The van der Waals surface area contributed by atoms with Gasteiger partial charge in [-0.05, 0) is 59.8 Å². The van der Waals surface area contributed by atoms with Crippen molar-refractivity contribution in [1.29, 1.82) is 0 Å². The summed E-state index contributed by atoms with van der Waals surface area (Å²) in [5, 5.41) is 1.52. The van der Waals surface area contributed by atoms with Gasteiger partial charge in [-0.1, -0.05) is 27.5 Å². The number of likely N-dealkylation sites (tertiary alicyclic amines) is 1. The second kappa shape index (κ2) is 7.09. The molecule has 104 valence electrons. The summed E-state index contributed by atoms with van der Waals surface area (Å²) in [6.45, 7) is 0.851. The monoisotopic (exact) mass is 407 g/mol. The first-order valence-corrected chi connectivity index (χ1v) is 8.74. The van der Waals surface area contributed by atoms with Gasteiger partial charge in [0, 0.05) is 28.0 Å². The average Bonchev–Trinajstić information content (AvgIpc) is 2.42. The van der Waals surface area contributed by atoms with Gasteiger partial charge in [0.15, 0.2) is 0 Å². The summed E-state index contributed by atoms with van der Waals surface area (Å²) < 4.78 is 0.821. The first-order valence-electron chi connectivity index (χ1n) is 6.45. The Kier molecular flexibility index (Phi) is 5.72. The standard InChI is InChI=1S/C14H16Br2ClNO/c15-7-6-11-3-1-2-8-18(11)14(19)10-4-5-12(16)13(17)9-10/h4-5,9,11H,1-3,6-8H2. The van der Waals surface area contributed by atoms with E-state index >= 15 is 0 Å². The first kappa shape index (κ1) is 15.3. The van der Waals surface area contributed by atoms with Crippen LogP contribution >= 0.6 is 43.5 Å². The molecule has 1 fully saturated rings.